The summed E-state index contributed by atoms with van der Waals surface area (Å²) in [6.07, 6.45) is 3.29. The van der Waals surface area contributed by atoms with Crippen LogP contribution in [0.2, 0.25) is 0 Å². The smallest absolute Gasteiger partial charge is 0.155 e. The highest BCUT2D eigenvalue weighted by Gasteiger charge is 2.38. The summed E-state index contributed by atoms with van der Waals surface area (Å²) in [5.41, 5.74) is 0. The van der Waals surface area contributed by atoms with Crippen molar-refractivity contribution in [3.05, 3.63) is 18.2 Å². The topological polar surface area (TPSA) is 72.2 Å². The van der Waals surface area contributed by atoms with Crippen molar-refractivity contribution in [1.82, 2.24) is 9.55 Å². The van der Waals surface area contributed by atoms with Gasteiger partial charge in [0.25, 0.3) is 0 Å². The van der Waals surface area contributed by atoms with Crippen LogP contribution in [0.25, 0.3) is 0 Å². The van der Waals surface area contributed by atoms with Crippen LogP contribution in [0, 0.1) is 0 Å². The number of aryl methyl sites for hydroxylation is 1. The number of imidazole rings is 1. The van der Waals surface area contributed by atoms with Crippen LogP contribution >= 0.6 is 0 Å². The van der Waals surface area contributed by atoms with Gasteiger partial charge in [0.15, 0.2) is 9.84 Å². The van der Waals surface area contributed by atoms with E-state index in [4.69, 9.17) is 0 Å². The second-order valence-electron chi connectivity index (χ2n) is 3.82. The van der Waals surface area contributed by atoms with Gasteiger partial charge in [-0.2, -0.15) is 0 Å². The van der Waals surface area contributed by atoms with Crippen molar-refractivity contribution in [2.75, 3.05) is 11.5 Å². The number of aliphatic hydroxyl groups excluding tert-OH is 1. The van der Waals surface area contributed by atoms with Crippen molar-refractivity contribution in [2.45, 2.75) is 25.5 Å². The predicted octanol–water partition coefficient (Wildman–Crippen LogP) is -0.224. The first kappa shape index (κ1) is 10.6. The van der Waals surface area contributed by atoms with Gasteiger partial charge in [-0.1, -0.05) is 6.92 Å². The van der Waals surface area contributed by atoms with E-state index in [9.17, 15) is 13.5 Å². The average molecular weight is 230 g/mol. The highest BCUT2D eigenvalue weighted by Crippen LogP contribution is 2.25. The molecule has 1 aliphatic heterocycles. The van der Waals surface area contributed by atoms with Crippen molar-refractivity contribution in [3.8, 4) is 0 Å². The van der Waals surface area contributed by atoms with E-state index in [2.05, 4.69) is 4.98 Å². The van der Waals surface area contributed by atoms with Gasteiger partial charge in [0.05, 0.1) is 23.7 Å². The lowest BCUT2D eigenvalue weighted by Crippen LogP contribution is -2.23. The lowest BCUT2D eigenvalue weighted by atomic mass is 10.2. The molecular weight excluding hydrogens is 216 g/mol. The summed E-state index contributed by atoms with van der Waals surface area (Å²) >= 11 is 0. The zero-order chi connectivity index (χ0) is 11.1. The van der Waals surface area contributed by atoms with Gasteiger partial charge in [-0.25, -0.2) is 13.4 Å². The molecule has 0 bridgehead atoms. The first-order valence-electron chi connectivity index (χ1n) is 4.93. The molecule has 0 amide bonds. The van der Waals surface area contributed by atoms with E-state index in [1.165, 1.54) is 0 Å². The minimum atomic E-state index is -3.09. The van der Waals surface area contributed by atoms with E-state index in [-0.39, 0.29) is 17.5 Å². The number of rotatable bonds is 2. The highest BCUT2D eigenvalue weighted by atomic mass is 32.2. The SMILES string of the molecule is CCc1nccn1C1CS(=O)(=O)C[C@H]1O. The maximum absolute atomic E-state index is 11.4. The fourth-order valence-electron chi connectivity index (χ4n) is 2.00. The third-order valence-electron chi connectivity index (χ3n) is 2.72. The molecule has 0 saturated carbocycles. The van der Waals surface area contributed by atoms with Crippen LogP contribution in [-0.2, 0) is 16.3 Å². The lowest BCUT2D eigenvalue weighted by Gasteiger charge is -2.16. The summed E-state index contributed by atoms with van der Waals surface area (Å²) in [6.45, 7) is 1.95. The molecular formula is C9H14N2O3S. The number of aliphatic hydroxyl groups is 1. The molecule has 0 radical (unpaired) electrons. The molecule has 0 aromatic carbocycles. The first-order valence-corrected chi connectivity index (χ1v) is 6.76. The summed E-state index contributed by atoms with van der Waals surface area (Å²) in [5, 5.41) is 9.69. The molecule has 1 N–H and O–H groups in total. The fraction of sp³-hybridized carbons (Fsp3) is 0.667. The van der Waals surface area contributed by atoms with Gasteiger partial charge in [-0.3, -0.25) is 0 Å². The van der Waals surface area contributed by atoms with Crippen molar-refractivity contribution in [3.63, 3.8) is 0 Å². The fourth-order valence-corrected chi connectivity index (χ4v) is 3.78. The van der Waals surface area contributed by atoms with Crippen LogP contribution in [0.4, 0.5) is 0 Å². The Bertz CT molecular complexity index is 452. The molecule has 5 nitrogen and oxygen atoms in total. The van der Waals surface area contributed by atoms with Crippen LogP contribution in [0.15, 0.2) is 12.4 Å². The summed E-state index contributed by atoms with van der Waals surface area (Å²) in [4.78, 5) is 4.12. The van der Waals surface area contributed by atoms with E-state index < -0.39 is 15.9 Å². The Balaban J connectivity index is 2.33. The molecule has 15 heavy (non-hydrogen) atoms. The maximum Gasteiger partial charge on any atom is 0.155 e. The number of nitrogens with zero attached hydrogens (tertiary/aromatic N) is 2. The van der Waals surface area contributed by atoms with Gasteiger partial charge in [-0.05, 0) is 0 Å². The minimum Gasteiger partial charge on any atom is -0.390 e. The predicted molar refractivity (Wildman–Crippen MR) is 55.3 cm³/mol. The van der Waals surface area contributed by atoms with Crippen LogP contribution < -0.4 is 0 Å². The van der Waals surface area contributed by atoms with Crippen LogP contribution in [0.3, 0.4) is 0 Å². The molecule has 1 unspecified atom stereocenters. The largest absolute Gasteiger partial charge is 0.390 e. The van der Waals surface area contributed by atoms with Gasteiger partial charge < -0.3 is 9.67 Å². The van der Waals surface area contributed by atoms with Crippen molar-refractivity contribution in [2.24, 2.45) is 0 Å². The zero-order valence-electron chi connectivity index (χ0n) is 8.50. The van der Waals surface area contributed by atoms with Gasteiger partial charge in [0, 0.05) is 18.8 Å². The Morgan fingerprint density at radius 1 is 1.60 bits per heavy atom. The first-order chi connectivity index (χ1) is 7.03. The van der Waals surface area contributed by atoms with E-state index in [0.717, 1.165) is 12.2 Å². The van der Waals surface area contributed by atoms with Crippen molar-refractivity contribution in [1.29, 1.82) is 0 Å². The van der Waals surface area contributed by atoms with E-state index in [0.29, 0.717) is 0 Å². The summed E-state index contributed by atoms with van der Waals surface area (Å²) < 4.78 is 24.5. The molecule has 84 valence electrons. The molecule has 1 aromatic heterocycles. The molecule has 2 rings (SSSR count). The molecule has 0 spiro atoms. The molecule has 2 heterocycles. The number of hydrogen-bond acceptors (Lipinski definition) is 4. The maximum atomic E-state index is 11.4. The van der Waals surface area contributed by atoms with Gasteiger partial charge in [0.1, 0.15) is 5.82 Å². The molecule has 2 atom stereocenters. The molecule has 1 aliphatic rings. The van der Waals surface area contributed by atoms with E-state index >= 15 is 0 Å². The third kappa shape index (κ3) is 1.91. The molecule has 0 aliphatic carbocycles. The number of hydrogen-bond donors (Lipinski definition) is 1. The standard InChI is InChI=1S/C9H14N2O3S/c1-2-9-10-3-4-11(9)7-5-15(13,14)6-8(7)12/h3-4,7-8,12H,2,5-6H2,1H3/t7?,8-/m1/s1. The van der Waals surface area contributed by atoms with Crippen LogP contribution in [-0.4, -0.2) is 40.7 Å². The van der Waals surface area contributed by atoms with E-state index in [1.54, 1.807) is 17.0 Å². The summed E-state index contributed by atoms with van der Waals surface area (Å²) in [5.74, 6) is 0.687. The van der Waals surface area contributed by atoms with E-state index in [1.807, 2.05) is 6.92 Å². The lowest BCUT2D eigenvalue weighted by molar-refractivity contribution is 0.151. The normalized spacial score (nSPS) is 29.5. The quantitative estimate of drug-likeness (QED) is 0.762. The zero-order valence-corrected chi connectivity index (χ0v) is 9.31. The summed E-state index contributed by atoms with van der Waals surface area (Å²) in [7, 11) is -3.09. The van der Waals surface area contributed by atoms with Crippen LogP contribution in [0.1, 0.15) is 18.8 Å². The molecule has 6 heteroatoms. The third-order valence-corrected chi connectivity index (χ3v) is 4.41. The Kier molecular flexibility index (Phi) is 2.56. The second kappa shape index (κ2) is 3.61. The van der Waals surface area contributed by atoms with Crippen molar-refractivity contribution < 1.29 is 13.5 Å². The Labute approximate surface area is 88.7 Å². The highest BCUT2D eigenvalue weighted by molar-refractivity contribution is 7.91. The minimum absolute atomic E-state index is 0.0114. The number of aromatic nitrogens is 2. The monoisotopic (exact) mass is 230 g/mol. The molecule has 1 saturated heterocycles. The van der Waals surface area contributed by atoms with Gasteiger partial charge in [-0.15, -0.1) is 0 Å². The van der Waals surface area contributed by atoms with Crippen molar-refractivity contribution >= 4 is 9.84 Å². The second-order valence-corrected chi connectivity index (χ2v) is 5.97. The van der Waals surface area contributed by atoms with Crippen LogP contribution in [0.5, 0.6) is 0 Å². The Morgan fingerprint density at radius 3 is 2.87 bits per heavy atom. The van der Waals surface area contributed by atoms with Gasteiger partial charge >= 0.3 is 0 Å². The Morgan fingerprint density at radius 2 is 2.33 bits per heavy atom. The molecule has 1 fully saturated rings. The summed E-state index contributed by atoms with van der Waals surface area (Å²) in [6, 6.07) is -0.368. The van der Waals surface area contributed by atoms with Gasteiger partial charge in [0.2, 0.25) is 0 Å². The molecule has 1 aromatic rings. The number of sulfone groups is 1. The Hall–Kier alpha value is -0.880. The average Bonchev–Trinajstić information content (AvgIpc) is 2.69.